The Labute approximate surface area is 93.7 Å². The van der Waals surface area contributed by atoms with Crippen molar-refractivity contribution in [2.45, 2.75) is 20.8 Å². The minimum absolute atomic E-state index is 0. The zero-order chi connectivity index (χ0) is 5.15. The van der Waals surface area contributed by atoms with Crippen molar-refractivity contribution in [3.05, 3.63) is 5.92 Å². The van der Waals surface area contributed by atoms with Crippen LogP contribution in [0.25, 0.3) is 0 Å². The quantitative estimate of drug-likeness (QED) is 0.425. The molecule has 0 spiro atoms. The van der Waals surface area contributed by atoms with Gasteiger partial charge in [0.05, 0.1) is 0 Å². The predicted molar refractivity (Wildman–Crippen MR) is 25.3 cm³/mol. The van der Waals surface area contributed by atoms with Crippen LogP contribution in [0.4, 0.5) is 0 Å². The molecule has 7 heavy (non-hydrogen) atoms. The molecule has 36 valence electrons. The van der Waals surface area contributed by atoms with Crippen molar-refractivity contribution in [1.29, 1.82) is 0 Å². The molecule has 0 aliphatic rings. The molecule has 2 heteroatoms. The third-order valence-corrected chi connectivity index (χ3v) is 0.704. The van der Waals surface area contributed by atoms with Crippen molar-refractivity contribution in [3.8, 4) is 0 Å². The van der Waals surface area contributed by atoms with E-state index in [0.29, 0.717) is 0 Å². The van der Waals surface area contributed by atoms with E-state index in [4.69, 9.17) is 0 Å². The van der Waals surface area contributed by atoms with Gasteiger partial charge in [0.1, 0.15) is 0 Å². The van der Waals surface area contributed by atoms with Crippen molar-refractivity contribution < 1.29 is 63.0 Å². The van der Waals surface area contributed by atoms with Crippen LogP contribution in [0.5, 0.6) is 0 Å². The first-order valence-corrected chi connectivity index (χ1v) is 1.95. The Balaban J connectivity index is 0. The largest absolute Gasteiger partial charge is 1.00 e. The normalized spacial score (nSPS) is 6.71. The topological polar surface area (TPSA) is 17.1 Å². The Bertz CT molecular complexity index is 59.1. The Morgan fingerprint density at radius 3 is 1.57 bits per heavy atom. The van der Waals surface area contributed by atoms with Gasteiger partial charge in [-0.05, 0) is 12.7 Å². The number of hydrogen-bond acceptors (Lipinski definition) is 1. The third kappa shape index (κ3) is 7.35. The van der Waals surface area contributed by atoms with Gasteiger partial charge >= 0.3 is 58.2 Å². The van der Waals surface area contributed by atoms with Crippen molar-refractivity contribution in [2.24, 2.45) is 0 Å². The van der Waals surface area contributed by atoms with E-state index < -0.39 is 0 Å². The maximum absolute atomic E-state index is 10.1. The smallest absolute Gasteiger partial charge is 0.334 e. The zero-order valence-electron chi connectivity index (χ0n) is 5.41. The molecule has 0 amide bonds. The van der Waals surface area contributed by atoms with Crippen LogP contribution in [-0.2, 0) is 4.79 Å². The third-order valence-electron chi connectivity index (χ3n) is 0.704. The molecule has 0 unspecified atom stereocenters. The number of rotatable bonds is 1. The average Bonchev–Trinajstić information content (AvgIpc) is 1.36. The Morgan fingerprint density at radius 1 is 1.43 bits per heavy atom. The molecule has 1 nitrogen and oxygen atoms in total. The Morgan fingerprint density at radius 2 is 1.57 bits per heavy atom. The fourth-order valence-electron chi connectivity index (χ4n) is 0. The molecule has 0 saturated carbocycles. The molecular weight excluding hydrogens is 162 g/mol. The van der Waals surface area contributed by atoms with E-state index in [1.165, 1.54) is 0 Å². The minimum Gasteiger partial charge on any atom is -0.334 e. The van der Waals surface area contributed by atoms with Gasteiger partial charge in [-0.25, -0.2) is 0 Å². The molecule has 0 aromatic rings. The Kier molecular flexibility index (Phi) is 8.76. The summed E-state index contributed by atoms with van der Waals surface area (Å²) in [5.74, 6) is 1.05. The van der Waals surface area contributed by atoms with Gasteiger partial charge < -0.3 is 10.7 Å². The van der Waals surface area contributed by atoms with Gasteiger partial charge in [-0.2, -0.15) is 13.8 Å². The first kappa shape index (κ1) is 11.2. The van der Waals surface area contributed by atoms with Gasteiger partial charge in [0.25, 0.3) is 0 Å². The number of ketones is 1. The maximum Gasteiger partial charge on any atom is 1.00 e. The van der Waals surface area contributed by atoms with Gasteiger partial charge in [-0.3, -0.25) is 0 Å². The summed E-state index contributed by atoms with van der Waals surface area (Å²) >= 11 is 0. The predicted octanol–water partition coefficient (Wildman–Crippen LogP) is -1.81. The van der Waals surface area contributed by atoms with Crippen LogP contribution in [0.1, 0.15) is 20.8 Å². The summed E-state index contributed by atoms with van der Waals surface area (Å²) in [6.07, 6.45) is 0. The number of carbonyl (C=O) groups excluding carboxylic acids is 1. The molecule has 0 aliphatic heterocycles. The van der Waals surface area contributed by atoms with Gasteiger partial charge in [0, 0.05) is 0 Å². The van der Waals surface area contributed by atoms with Crippen LogP contribution >= 0.6 is 0 Å². The fourth-order valence-corrected chi connectivity index (χ4v) is 0. The second-order valence-corrected chi connectivity index (χ2v) is 1.56. The standard InChI is InChI=1S/C5H9O.Rb/c1-4(2)5(3)6;/h1-3H3;/q-1;+1. The van der Waals surface area contributed by atoms with Crippen molar-refractivity contribution >= 4 is 5.78 Å². The molecule has 0 radical (unpaired) electrons. The SMILES string of the molecule is CC(=O)[C-](C)C.[Rb+]. The number of carbonyl (C=O) groups is 1. The minimum atomic E-state index is 0. The van der Waals surface area contributed by atoms with E-state index in [1.54, 1.807) is 6.92 Å². The summed E-state index contributed by atoms with van der Waals surface area (Å²) in [5.41, 5.74) is 0. The molecule has 0 bridgehead atoms. The molecule has 0 saturated heterocycles. The molecule has 0 heterocycles. The van der Waals surface area contributed by atoms with Gasteiger partial charge in [0.15, 0.2) is 0 Å². The summed E-state index contributed by atoms with van der Waals surface area (Å²) in [6, 6.07) is 0. The van der Waals surface area contributed by atoms with Gasteiger partial charge in [0.2, 0.25) is 0 Å². The van der Waals surface area contributed by atoms with Crippen LogP contribution in [0.3, 0.4) is 0 Å². The van der Waals surface area contributed by atoms with E-state index in [9.17, 15) is 4.79 Å². The van der Waals surface area contributed by atoms with Crippen molar-refractivity contribution in [2.75, 3.05) is 0 Å². The van der Waals surface area contributed by atoms with Crippen LogP contribution < -0.4 is 58.2 Å². The van der Waals surface area contributed by atoms with Gasteiger partial charge in [-0.15, -0.1) is 0 Å². The molecule has 0 aromatic heterocycles. The summed E-state index contributed by atoms with van der Waals surface area (Å²) in [4.78, 5) is 10.1. The van der Waals surface area contributed by atoms with Crippen molar-refractivity contribution in [3.63, 3.8) is 0 Å². The van der Waals surface area contributed by atoms with E-state index in [0.717, 1.165) is 5.92 Å². The number of hydrogen-bond donors (Lipinski definition) is 0. The van der Waals surface area contributed by atoms with Crippen LogP contribution in [0, 0.1) is 5.92 Å². The Hall–Kier alpha value is 1.35. The van der Waals surface area contributed by atoms with Crippen LogP contribution in [0.2, 0.25) is 0 Å². The summed E-state index contributed by atoms with van der Waals surface area (Å²) < 4.78 is 0. The zero-order valence-corrected chi connectivity index (χ0v) is 10.3. The first-order chi connectivity index (χ1) is 2.64. The van der Waals surface area contributed by atoms with E-state index in [2.05, 4.69) is 0 Å². The van der Waals surface area contributed by atoms with E-state index >= 15 is 0 Å². The maximum atomic E-state index is 10.1. The molecule has 0 aliphatic carbocycles. The second-order valence-electron chi connectivity index (χ2n) is 1.56. The monoisotopic (exact) mass is 170 g/mol. The van der Waals surface area contributed by atoms with E-state index in [-0.39, 0.29) is 64.0 Å². The molecular formula is C5H9ORb. The summed E-state index contributed by atoms with van der Waals surface area (Å²) in [6.45, 7) is 5.18. The molecule has 0 rings (SSSR count). The number of Topliss-reactive ketones (excluding diaryl/α,β-unsaturated/α-hetero) is 1. The molecule has 0 N–H and O–H groups in total. The molecule has 0 fully saturated rings. The second kappa shape index (κ2) is 5.48. The fraction of sp³-hybridized carbons (Fsp3) is 0.600. The van der Waals surface area contributed by atoms with Crippen LogP contribution in [-0.4, -0.2) is 5.78 Å². The first-order valence-electron chi connectivity index (χ1n) is 1.95. The van der Waals surface area contributed by atoms with E-state index in [1.807, 2.05) is 13.8 Å². The summed E-state index contributed by atoms with van der Waals surface area (Å²) in [5, 5.41) is 0. The van der Waals surface area contributed by atoms with Gasteiger partial charge in [-0.1, -0.05) is 0 Å². The average molecular weight is 171 g/mol. The molecule has 0 aromatic carbocycles. The summed E-state index contributed by atoms with van der Waals surface area (Å²) in [7, 11) is 0. The van der Waals surface area contributed by atoms with Crippen molar-refractivity contribution in [1.82, 2.24) is 0 Å². The molecule has 0 atom stereocenters. The van der Waals surface area contributed by atoms with Crippen LogP contribution in [0.15, 0.2) is 0 Å².